The van der Waals surface area contributed by atoms with Gasteiger partial charge in [-0.3, -0.25) is 4.79 Å². The average molecular weight is 324 g/mol. The van der Waals surface area contributed by atoms with Gasteiger partial charge in [-0.2, -0.15) is 4.31 Å². The van der Waals surface area contributed by atoms with Gasteiger partial charge in [-0.15, -0.1) is 0 Å². The molecule has 0 bridgehead atoms. The standard InChI is InChI=1S/C16H24N2O3S/c1-14(2)16(19)17-9-6-10-18(12-11-17)22(20,21)13-15-7-4-3-5-8-15/h3-5,7-8,14H,6,9-13H2,1-2H3. The maximum absolute atomic E-state index is 12.5. The lowest BCUT2D eigenvalue weighted by atomic mass is 10.2. The second-order valence-corrected chi connectivity index (χ2v) is 7.94. The van der Waals surface area contributed by atoms with E-state index in [9.17, 15) is 13.2 Å². The van der Waals surface area contributed by atoms with Gasteiger partial charge in [0.05, 0.1) is 5.75 Å². The Kier molecular flexibility index (Phi) is 5.58. The SMILES string of the molecule is CC(C)C(=O)N1CCCN(S(=O)(=O)Cc2ccccc2)CC1. The molecule has 2 rings (SSSR count). The van der Waals surface area contributed by atoms with Gasteiger partial charge in [0.25, 0.3) is 0 Å². The predicted molar refractivity (Wildman–Crippen MR) is 86.7 cm³/mol. The Labute approximate surface area is 133 Å². The van der Waals surface area contributed by atoms with E-state index in [-0.39, 0.29) is 17.6 Å². The Hall–Kier alpha value is -1.40. The smallest absolute Gasteiger partial charge is 0.225 e. The molecule has 1 fully saturated rings. The number of carbonyl (C=O) groups excluding carboxylic acids is 1. The highest BCUT2D eigenvalue weighted by Gasteiger charge is 2.27. The monoisotopic (exact) mass is 324 g/mol. The van der Waals surface area contributed by atoms with Crippen LogP contribution in [-0.4, -0.2) is 49.7 Å². The minimum absolute atomic E-state index is 0.0198. The van der Waals surface area contributed by atoms with Gasteiger partial charge in [-0.25, -0.2) is 8.42 Å². The van der Waals surface area contributed by atoms with E-state index in [0.717, 1.165) is 5.56 Å². The van der Waals surface area contributed by atoms with Crippen LogP contribution in [0.25, 0.3) is 0 Å². The third-order valence-electron chi connectivity index (χ3n) is 3.85. The molecule has 1 heterocycles. The summed E-state index contributed by atoms with van der Waals surface area (Å²) < 4.78 is 26.6. The molecule has 0 aliphatic carbocycles. The topological polar surface area (TPSA) is 57.7 Å². The minimum atomic E-state index is -3.33. The summed E-state index contributed by atoms with van der Waals surface area (Å²) in [5.41, 5.74) is 0.793. The van der Waals surface area contributed by atoms with Crippen LogP contribution >= 0.6 is 0 Å². The molecule has 0 aromatic heterocycles. The molecule has 1 aromatic carbocycles. The first-order valence-corrected chi connectivity index (χ1v) is 9.31. The lowest BCUT2D eigenvalue weighted by Gasteiger charge is -2.23. The predicted octanol–water partition coefficient (Wildman–Crippen LogP) is 1.71. The second-order valence-electron chi connectivity index (χ2n) is 5.97. The van der Waals surface area contributed by atoms with E-state index < -0.39 is 10.0 Å². The summed E-state index contributed by atoms with van der Waals surface area (Å²) in [6.07, 6.45) is 0.687. The van der Waals surface area contributed by atoms with E-state index in [2.05, 4.69) is 0 Å². The minimum Gasteiger partial charge on any atom is -0.341 e. The van der Waals surface area contributed by atoms with Crippen LogP contribution in [0.4, 0.5) is 0 Å². The van der Waals surface area contributed by atoms with Gasteiger partial charge >= 0.3 is 0 Å². The summed E-state index contributed by atoms with van der Waals surface area (Å²) in [7, 11) is -3.33. The van der Waals surface area contributed by atoms with Gasteiger partial charge < -0.3 is 4.90 Å². The molecule has 22 heavy (non-hydrogen) atoms. The first-order chi connectivity index (χ1) is 10.4. The summed E-state index contributed by atoms with van der Waals surface area (Å²) >= 11 is 0. The molecule has 1 amide bonds. The van der Waals surface area contributed by atoms with E-state index in [0.29, 0.717) is 32.6 Å². The molecule has 0 spiro atoms. The average Bonchev–Trinajstić information content (AvgIpc) is 2.73. The zero-order valence-electron chi connectivity index (χ0n) is 13.2. The summed E-state index contributed by atoms with van der Waals surface area (Å²) in [5.74, 6) is 0.0705. The van der Waals surface area contributed by atoms with Crippen LogP contribution in [0.5, 0.6) is 0 Å². The number of amides is 1. The van der Waals surface area contributed by atoms with Crippen molar-refractivity contribution in [1.82, 2.24) is 9.21 Å². The van der Waals surface area contributed by atoms with Crippen molar-refractivity contribution in [2.24, 2.45) is 5.92 Å². The van der Waals surface area contributed by atoms with Crippen molar-refractivity contribution >= 4 is 15.9 Å². The summed E-state index contributed by atoms with van der Waals surface area (Å²) in [6.45, 7) is 5.72. The number of benzene rings is 1. The zero-order valence-corrected chi connectivity index (χ0v) is 14.1. The second kappa shape index (κ2) is 7.24. The largest absolute Gasteiger partial charge is 0.341 e. The van der Waals surface area contributed by atoms with Gasteiger partial charge in [-0.05, 0) is 12.0 Å². The van der Waals surface area contributed by atoms with E-state index in [4.69, 9.17) is 0 Å². The first-order valence-electron chi connectivity index (χ1n) is 7.70. The van der Waals surface area contributed by atoms with Crippen molar-refractivity contribution in [2.75, 3.05) is 26.2 Å². The summed E-state index contributed by atoms with van der Waals surface area (Å²) in [6, 6.07) is 9.21. The number of hydrogen-bond acceptors (Lipinski definition) is 3. The molecule has 5 nitrogen and oxygen atoms in total. The van der Waals surface area contributed by atoms with E-state index in [1.165, 1.54) is 4.31 Å². The third kappa shape index (κ3) is 4.30. The highest BCUT2D eigenvalue weighted by molar-refractivity contribution is 7.88. The van der Waals surface area contributed by atoms with Crippen LogP contribution < -0.4 is 0 Å². The molecule has 1 aromatic rings. The highest BCUT2D eigenvalue weighted by Crippen LogP contribution is 2.15. The lowest BCUT2D eigenvalue weighted by molar-refractivity contribution is -0.134. The summed E-state index contributed by atoms with van der Waals surface area (Å²) in [4.78, 5) is 13.8. The Balaban J connectivity index is 2.02. The van der Waals surface area contributed by atoms with Crippen molar-refractivity contribution in [3.63, 3.8) is 0 Å². The first kappa shape index (κ1) is 17.0. The van der Waals surface area contributed by atoms with Crippen molar-refractivity contribution in [3.8, 4) is 0 Å². The molecule has 1 saturated heterocycles. The van der Waals surface area contributed by atoms with Crippen molar-refractivity contribution in [3.05, 3.63) is 35.9 Å². The molecule has 0 saturated carbocycles. The van der Waals surface area contributed by atoms with E-state index >= 15 is 0 Å². The van der Waals surface area contributed by atoms with Crippen LogP contribution in [0, 0.1) is 5.92 Å². The molecule has 0 N–H and O–H groups in total. The number of nitrogens with zero attached hydrogens (tertiary/aromatic N) is 2. The van der Waals surface area contributed by atoms with E-state index in [1.54, 1.807) is 4.90 Å². The Bertz CT molecular complexity index is 599. The molecular formula is C16H24N2O3S. The lowest BCUT2D eigenvalue weighted by Crippen LogP contribution is -2.39. The number of sulfonamides is 1. The Morgan fingerprint density at radius 3 is 2.41 bits per heavy atom. The quantitative estimate of drug-likeness (QED) is 0.847. The van der Waals surface area contributed by atoms with Crippen molar-refractivity contribution in [1.29, 1.82) is 0 Å². The van der Waals surface area contributed by atoms with Gasteiger partial charge in [0.15, 0.2) is 0 Å². The fourth-order valence-electron chi connectivity index (χ4n) is 2.63. The highest BCUT2D eigenvalue weighted by atomic mass is 32.2. The molecule has 1 aliphatic rings. The zero-order chi connectivity index (χ0) is 16.2. The molecule has 0 atom stereocenters. The van der Waals surface area contributed by atoms with Crippen LogP contribution in [-0.2, 0) is 20.6 Å². The van der Waals surface area contributed by atoms with Crippen LogP contribution in [0.15, 0.2) is 30.3 Å². The maximum Gasteiger partial charge on any atom is 0.225 e. The van der Waals surface area contributed by atoms with Crippen molar-refractivity contribution < 1.29 is 13.2 Å². The number of hydrogen-bond donors (Lipinski definition) is 0. The molecule has 6 heteroatoms. The van der Waals surface area contributed by atoms with Crippen molar-refractivity contribution in [2.45, 2.75) is 26.0 Å². The summed E-state index contributed by atoms with van der Waals surface area (Å²) in [5, 5.41) is 0. The fraction of sp³-hybridized carbons (Fsp3) is 0.562. The molecule has 1 aliphatic heterocycles. The number of carbonyl (C=O) groups is 1. The Morgan fingerprint density at radius 1 is 1.09 bits per heavy atom. The van der Waals surface area contributed by atoms with Crippen LogP contribution in [0.3, 0.4) is 0 Å². The molecule has 122 valence electrons. The normalized spacial score (nSPS) is 17.5. The van der Waals surface area contributed by atoms with Gasteiger partial charge in [0, 0.05) is 32.1 Å². The fourth-order valence-corrected chi connectivity index (χ4v) is 4.20. The third-order valence-corrected chi connectivity index (χ3v) is 5.70. The molecule has 0 unspecified atom stereocenters. The van der Waals surface area contributed by atoms with E-state index in [1.807, 2.05) is 44.2 Å². The Morgan fingerprint density at radius 2 is 1.77 bits per heavy atom. The van der Waals surface area contributed by atoms with Gasteiger partial charge in [-0.1, -0.05) is 44.2 Å². The van der Waals surface area contributed by atoms with Crippen LogP contribution in [0.1, 0.15) is 25.8 Å². The molecule has 0 radical (unpaired) electrons. The number of rotatable bonds is 4. The van der Waals surface area contributed by atoms with Gasteiger partial charge in [0.2, 0.25) is 15.9 Å². The maximum atomic E-state index is 12.5. The van der Waals surface area contributed by atoms with Gasteiger partial charge in [0.1, 0.15) is 0 Å². The van der Waals surface area contributed by atoms with Crippen LogP contribution in [0.2, 0.25) is 0 Å². The molecular weight excluding hydrogens is 300 g/mol.